The number of aliphatic hydroxyl groups excluding tert-OH is 1. The molecule has 1 aliphatic heterocycles. The van der Waals surface area contributed by atoms with E-state index >= 15 is 0 Å². The number of carbonyl (C=O) groups excluding carboxylic acids is 2. The minimum Gasteiger partial charge on any atom is -0.507 e. The summed E-state index contributed by atoms with van der Waals surface area (Å²) in [6.45, 7) is 6.76. The number of nitrogens with one attached hydrogen (secondary N) is 1. The van der Waals surface area contributed by atoms with Crippen LogP contribution >= 0.6 is 0 Å². The molecule has 0 aliphatic carbocycles. The summed E-state index contributed by atoms with van der Waals surface area (Å²) in [6, 6.07) is 12.9. The second kappa shape index (κ2) is 8.28. The summed E-state index contributed by atoms with van der Waals surface area (Å²) in [5.74, 6) is -1.34. The smallest absolute Gasteiger partial charge is 0.295 e. The Labute approximate surface area is 188 Å². The molecule has 2 N–H and O–H groups in total. The highest BCUT2D eigenvalue weighted by molar-refractivity contribution is 6.46. The van der Waals surface area contributed by atoms with E-state index in [0.717, 1.165) is 33.3 Å². The average Bonchev–Trinajstić information content (AvgIpc) is 3.20. The number of carbonyl (C=O) groups is 2. The van der Waals surface area contributed by atoms with E-state index in [1.165, 1.54) is 0 Å². The van der Waals surface area contributed by atoms with Crippen LogP contribution in [0.15, 0.2) is 48.0 Å². The maximum absolute atomic E-state index is 13.3. The summed E-state index contributed by atoms with van der Waals surface area (Å²) >= 11 is 0. The van der Waals surface area contributed by atoms with Gasteiger partial charge in [0.15, 0.2) is 0 Å². The predicted molar refractivity (Wildman–Crippen MR) is 127 cm³/mol. The third kappa shape index (κ3) is 3.60. The van der Waals surface area contributed by atoms with Crippen molar-refractivity contribution in [3.63, 3.8) is 0 Å². The van der Waals surface area contributed by atoms with Crippen molar-refractivity contribution in [2.24, 2.45) is 0 Å². The quantitative estimate of drug-likeness (QED) is 0.363. The first-order chi connectivity index (χ1) is 15.2. The molecule has 6 heteroatoms. The summed E-state index contributed by atoms with van der Waals surface area (Å²) in [4.78, 5) is 33.4. The van der Waals surface area contributed by atoms with Crippen molar-refractivity contribution in [3.05, 3.63) is 76.0 Å². The Kier molecular flexibility index (Phi) is 5.65. The molecule has 1 aliphatic rings. The average molecular weight is 432 g/mol. The number of benzene rings is 2. The van der Waals surface area contributed by atoms with Crippen LogP contribution in [0.2, 0.25) is 0 Å². The summed E-state index contributed by atoms with van der Waals surface area (Å²) in [6.07, 6.45) is 0. The first-order valence-electron chi connectivity index (χ1n) is 10.8. The Morgan fingerprint density at radius 2 is 1.81 bits per heavy atom. The molecule has 0 radical (unpaired) electrons. The minimum atomic E-state index is -0.661. The molecule has 166 valence electrons. The monoisotopic (exact) mass is 431 g/mol. The first kappa shape index (κ1) is 21.8. The fraction of sp³-hybridized carbons (Fsp3) is 0.308. The number of ketones is 1. The van der Waals surface area contributed by atoms with Crippen molar-refractivity contribution in [2.45, 2.75) is 26.8 Å². The molecule has 1 atom stereocenters. The van der Waals surface area contributed by atoms with E-state index < -0.39 is 17.7 Å². The zero-order valence-corrected chi connectivity index (χ0v) is 19.2. The highest BCUT2D eigenvalue weighted by Crippen LogP contribution is 2.43. The van der Waals surface area contributed by atoms with Crippen LogP contribution in [0.25, 0.3) is 16.7 Å². The Morgan fingerprint density at radius 3 is 2.53 bits per heavy atom. The number of rotatable bonds is 5. The van der Waals surface area contributed by atoms with Crippen molar-refractivity contribution in [3.8, 4) is 0 Å². The lowest BCUT2D eigenvalue weighted by Crippen LogP contribution is -2.35. The Morgan fingerprint density at radius 1 is 1.09 bits per heavy atom. The van der Waals surface area contributed by atoms with Crippen LogP contribution < -0.4 is 0 Å². The zero-order valence-electron chi connectivity index (χ0n) is 19.2. The second-order valence-corrected chi connectivity index (χ2v) is 8.82. The van der Waals surface area contributed by atoms with Gasteiger partial charge in [-0.2, -0.15) is 0 Å². The molecule has 3 aromatic rings. The van der Waals surface area contributed by atoms with Gasteiger partial charge in [-0.05, 0) is 52.6 Å². The Hall–Kier alpha value is -3.38. The standard InChI is InChI=1S/C26H29N3O3/c1-15-10-11-16(2)19(14-15)24(30)22-23(29(13-12-28(4)5)26(32)25(22)31)21-17(3)27-20-9-7-6-8-18(20)21/h6-11,14,23,27,30H,12-13H2,1-5H3/b24-22+. The topological polar surface area (TPSA) is 76.6 Å². The fourth-order valence-corrected chi connectivity index (χ4v) is 4.51. The summed E-state index contributed by atoms with van der Waals surface area (Å²) in [5, 5.41) is 12.3. The molecule has 2 aromatic carbocycles. The highest BCUT2D eigenvalue weighted by Gasteiger charge is 2.47. The van der Waals surface area contributed by atoms with Gasteiger partial charge in [0.05, 0.1) is 11.6 Å². The number of hydrogen-bond donors (Lipinski definition) is 2. The number of H-pyrrole nitrogens is 1. The van der Waals surface area contributed by atoms with Gasteiger partial charge >= 0.3 is 0 Å². The molecule has 1 saturated heterocycles. The summed E-state index contributed by atoms with van der Waals surface area (Å²) in [7, 11) is 3.86. The number of nitrogens with zero attached hydrogens (tertiary/aromatic N) is 2. The highest BCUT2D eigenvalue weighted by atomic mass is 16.3. The lowest BCUT2D eigenvalue weighted by molar-refractivity contribution is -0.140. The maximum atomic E-state index is 13.3. The van der Waals surface area contributed by atoms with E-state index in [1.54, 1.807) is 4.90 Å². The predicted octanol–water partition coefficient (Wildman–Crippen LogP) is 4.08. The van der Waals surface area contributed by atoms with Crippen molar-refractivity contribution in [1.29, 1.82) is 0 Å². The molecule has 4 rings (SSSR count). The Bertz CT molecular complexity index is 1250. The number of aromatic amines is 1. The van der Waals surface area contributed by atoms with Crippen LogP contribution in [0.4, 0.5) is 0 Å². The fourth-order valence-electron chi connectivity index (χ4n) is 4.51. The molecule has 32 heavy (non-hydrogen) atoms. The molecule has 1 unspecified atom stereocenters. The molecule has 1 amide bonds. The lowest BCUT2D eigenvalue weighted by atomic mass is 9.92. The number of aromatic nitrogens is 1. The van der Waals surface area contributed by atoms with Crippen LogP contribution in [0, 0.1) is 20.8 Å². The van der Waals surface area contributed by atoms with Gasteiger partial charge < -0.3 is 19.9 Å². The molecule has 0 saturated carbocycles. The van der Waals surface area contributed by atoms with Gasteiger partial charge in [0.1, 0.15) is 5.76 Å². The van der Waals surface area contributed by atoms with Gasteiger partial charge in [-0.25, -0.2) is 0 Å². The number of aryl methyl sites for hydroxylation is 3. The zero-order chi connectivity index (χ0) is 23.2. The summed E-state index contributed by atoms with van der Waals surface area (Å²) in [5.41, 5.74) is 5.21. The van der Waals surface area contributed by atoms with Gasteiger partial charge in [0.25, 0.3) is 11.7 Å². The third-order valence-corrected chi connectivity index (χ3v) is 6.19. The second-order valence-electron chi connectivity index (χ2n) is 8.82. The van der Waals surface area contributed by atoms with E-state index in [1.807, 2.05) is 82.2 Å². The number of likely N-dealkylation sites (tertiary alicyclic amines) is 1. The maximum Gasteiger partial charge on any atom is 0.295 e. The normalized spacial score (nSPS) is 18.3. The Balaban J connectivity index is 1.99. The number of hydrogen-bond acceptors (Lipinski definition) is 4. The van der Waals surface area contributed by atoms with E-state index in [-0.39, 0.29) is 11.3 Å². The van der Waals surface area contributed by atoms with Crippen LogP contribution in [-0.2, 0) is 9.59 Å². The first-order valence-corrected chi connectivity index (χ1v) is 10.8. The minimum absolute atomic E-state index is 0.119. The van der Waals surface area contributed by atoms with Crippen molar-refractivity contribution in [1.82, 2.24) is 14.8 Å². The van der Waals surface area contributed by atoms with Crippen molar-refractivity contribution >= 4 is 28.4 Å². The summed E-state index contributed by atoms with van der Waals surface area (Å²) < 4.78 is 0. The largest absolute Gasteiger partial charge is 0.507 e. The van der Waals surface area contributed by atoms with Crippen LogP contribution in [-0.4, -0.2) is 58.8 Å². The molecular weight excluding hydrogens is 402 g/mol. The number of fused-ring (bicyclic) bond motifs is 1. The van der Waals surface area contributed by atoms with Gasteiger partial charge in [0.2, 0.25) is 0 Å². The van der Waals surface area contributed by atoms with Crippen molar-refractivity contribution < 1.29 is 14.7 Å². The van der Waals surface area contributed by atoms with Crippen LogP contribution in [0.5, 0.6) is 0 Å². The number of amides is 1. The molecular formula is C26H29N3O3. The van der Waals surface area contributed by atoms with Gasteiger partial charge in [0, 0.05) is 40.8 Å². The SMILES string of the molecule is Cc1ccc(C)c(/C(O)=C2\C(=O)C(=O)N(CCN(C)C)C2c2c(C)[nH]c3ccccc23)c1. The van der Waals surface area contributed by atoms with Gasteiger partial charge in [-0.15, -0.1) is 0 Å². The van der Waals surface area contributed by atoms with E-state index in [9.17, 15) is 14.7 Å². The van der Waals surface area contributed by atoms with Gasteiger partial charge in [-0.1, -0.05) is 35.9 Å². The molecule has 2 heterocycles. The van der Waals surface area contributed by atoms with Crippen LogP contribution in [0.1, 0.15) is 34.0 Å². The molecule has 0 bridgehead atoms. The molecule has 0 spiro atoms. The number of aliphatic hydroxyl groups is 1. The van der Waals surface area contributed by atoms with E-state index in [4.69, 9.17) is 0 Å². The van der Waals surface area contributed by atoms with Crippen LogP contribution in [0.3, 0.4) is 0 Å². The lowest BCUT2D eigenvalue weighted by Gasteiger charge is -2.27. The van der Waals surface area contributed by atoms with Crippen molar-refractivity contribution in [2.75, 3.05) is 27.2 Å². The number of para-hydroxylation sites is 1. The molecule has 1 fully saturated rings. The van der Waals surface area contributed by atoms with Gasteiger partial charge in [-0.3, -0.25) is 9.59 Å². The third-order valence-electron chi connectivity index (χ3n) is 6.19. The molecule has 6 nitrogen and oxygen atoms in total. The molecule has 1 aromatic heterocycles. The van der Waals surface area contributed by atoms with E-state index in [0.29, 0.717) is 18.7 Å². The number of Topliss-reactive ketones (excluding diaryl/α,β-unsaturated/α-hetero) is 1. The van der Waals surface area contributed by atoms with E-state index in [2.05, 4.69) is 4.98 Å². The number of likely N-dealkylation sites (N-methyl/N-ethyl adjacent to an activating group) is 1.